The number of piperidine rings is 2. The smallest absolute Gasteiger partial charge is 0.339 e. The number of anilines is 1. The number of esters is 1. The van der Waals surface area contributed by atoms with E-state index in [9.17, 15) is 9.59 Å². The summed E-state index contributed by atoms with van der Waals surface area (Å²) < 4.78 is 5.02. The van der Waals surface area contributed by atoms with Crippen molar-refractivity contribution >= 4 is 17.7 Å². The Morgan fingerprint density at radius 3 is 2.77 bits per heavy atom. The monoisotopic (exact) mass is 359 g/mol. The van der Waals surface area contributed by atoms with Gasteiger partial charge in [0.1, 0.15) is 5.82 Å². The lowest BCUT2D eigenvalue weighted by Crippen LogP contribution is -2.55. The lowest BCUT2D eigenvalue weighted by atomic mass is 9.73. The Hall–Kier alpha value is -2.11. The minimum absolute atomic E-state index is 0.151. The zero-order valence-corrected chi connectivity index (χ0v) is 16.0. The fourth-order valence-corrected chi connectivity index (χ4v) is 4.16. The van der Waals surface area contributed by atoms with Crippen LogP contribution in [0.25, 0.3) is 0 Å². The average molecular weight is 359 g/mol. The number of carbonyl (C=O) groups is 2. The van der Waals surface area contributed by atoms with Crippen molar-refractivity contribution in [3.8, 4) is 0 Å². The first-order valence-electron chi connectivity index (χ1n) is 9.62. The summed E-state index contributed by atoms with van der Waals surface area (Å²) in [4.78, 5) is 32.8. The molecule has 26 heavy (non-hydrogen) atoms. The van der Waals surface area contributed by atoms with Crippen molar-refractivity contribution in [2.75, 3.05) is 31.1 Å². The Balaban J connectivity index is 1.72. The molecule has 0 N–H and O–H groups in total. The molecule has 1 atom stereocenters. The molecule has 1 aromatic rings. The first-order valence-corrected chi connectivity index (χ1v) is 9.62. The number of hydrogen-bond donors (Lipinski definition) is 0. The lowest BCUT2D eigenvalue weighted by molar-refractivity contribution is -0.140. The highest BCUT2D eigenvalue weighted by atomic mass is 16.5. The molecule has 142 valence electrons. The molecule has 6 nitrogen and oxygen atoms in total. The minimum Gasteiger partial charge on any atom is -0.462 e. The fourth-order valence-electron chi connectivity index (χ4n) is 4.16. The van der Waals surface area contributed by atoms with Crippen LogP contribution < -0.4 is 4.90 Å². The number of pyridine rings is 1. The van der Waals surface area contributed by atoms with Gasteiger partial charge in [-0.2, -0.15) is 0 Å². The maximum absolute atomic E-state index is 12.2. The second-order valence-corrected chi connectivity index (χ2v) is 7.77. The van der Waals surface area contributed by atoms with Crippen LogP contribution in [0.4, 0.5) is 5.82 Å². The molecule has 1 spiro atoms. The summed E-state index contributed by atoms with van der Waals surface area (Å²) in [6.07, 6.45) is 5.44. The third-order valence-electron chi connectivity index (χ3n) is 5.56. The van der Waals surface area contributed by atoms with Crippen molar-refractivity contribution in [2.45, 2.75) is 52.5 Å². The van der Waals surface area contributed by atoms with Gasteiger partial charge in [0.2, 0.25) is 5.91 Å². The quantitative estimate of drug-likeness (QED) is 0.774. The van der Waals surface area contributed by atoms with Gasteiger partial charge in [0, 0.05) is 43.7 Å². The molecule has 2 fully saturated rings. The highest BCUT2D eigenvalue weighted by molar-refractivity contribution is 5.89. The number of aromatic nitrogens is 1. The first kappa shape index (κ1) is 18.7. The normalized spacial score (nSPS) is 23.6. The molecule has 0 saturated carbocycles. The van der Waals surface area contributed by atoms with Crippen molar-refractivity contribution in [3.05, 3.63) is 23.9 Å². The first-order chi connectivity index (χ1) is 12.4. The van der Waals surface area contributed by atoms with Gasteiger partial charge in [0.15, 0.2) is 0 Å². The predicted octanol–water partition coefficient (Wildman–Crippen LogP) is 2.88. The number of hydrogen-bond acceptors (Lipinski definition) is 5. The van der Waals surface area contributed by atoms with Crippen LogP contribution in [0.3, 0.4) is 0 Å². The topological polar surface area (TPSA) is 62.7 Å². The minimum atomic E-state index is -0.333. The summed E-state index contributed by atoms with van der Waals surface area (Å²) in [5.74, 6) is 0.838. The van der Waals surface area contributed by atoms with E-state index >= 15 is 0 Å². The van der Waals surface area contributed by atoms with E-state index in [0.29, 0.717) is 18.6 Å². The third kappa shape index (κ3) is 3.84. The lowest BCUT2D eigenvalue weighted by Gasteiger charge is -2.49. The third-order valence-corrected chi connectivity index (χ3v) is 5.56. The molecule has 0 radical (unpaired) electrons. The van der Waals surface area contributed by atoms with Crippen molar-refractivity contribution in [1.82, 2.24) is 9.88 Å². The van der Waals surface area contributed by atoms with Crippen LogP contribution in [0.1, 0.15) is 56.8 Å². The Labute approximate surface area is 155 Å². The molecule has 0 aliphatic carbocycles. The van der Waals surface area contributed by atoms with Crippen LogP contribution in [0.5, 0.6) is 0 Å². The van der Waals surface area contributed by atoms with Crippen molar-refractivity contribution < 1.29 is 14.3 Å². The predicted molar refractivity (Wildman–Crippen MR) is 100 cm³/mol. The van der Waals surface area contributed by atoms with Crippen LogP contribution in [-0.4, -0.2) is 54.0 Å². The van der Waals surface area contributed by atoms with Crippen LogP contribution in [0.15, 0.2) is 18.3 Å². The van der Waals surface area contributed by atoms with E-state index < -0.39 is 0 Å². The fraction of sp³-hybridized carbons (Fsp3) is 0.650. The molecule has 3 rings (SSSR count). The van der Waals surface area contributed by atoms with Gasteiger partial charge in [0.05, 0.1) is 12.2 Å². The van der Waals surface area contributed by atoms with Gasteiger partial charge < -0.3 is 14.5 Å². The molecular weight excluding hydrogens is 330 g/mol. The van der Waals surface area contributed by atoms with E-state index in [0.717, 1.165) is 44.7 Å². The van der Waals surface area contributed by atoms with Gasteiger partial charge in [-0.1, -0.05) is 0 Å². The molecule has 2 aliphatic heterocycles. The van der Waals surface area contributed by atoms with E-state index in [1.807, 2.05) is 11.0 Å². The standard InChI is InChI=1S/C20H29N3O3/c1-4-26-19(25)16-6-7-17(21-12-16)22-11-5-9-20(13-22)10-8-18(24)23(14-20)15(2)3/h6-7,12,15H,4-5,8-11,13-14H2,1-3H3/t20-/m1/s1. The summed E-state index contributed by atoms with van der Waals surface area (Å²) in [7, 11) is 0. The Bertz CT molecular complexity index is 659. The van der Waals surface area contributed by atoms with E-state index in [2.05, 4.69) is 23.7 Å². The molecule has 1 amide bonds. The summed E-state index contributed by atoms with van der Waals surface area (Å²) in [6.45, 7) is 9.04. The van der Waals surface area contributed by atoms with Crippen LogP contribution in [0.2, 0.25) is 0 Å². The van der Waals surface area contributed by atoms with Crippen molar-refractivity contribution in [1.29, 1.82) is 0 Å². The summed E-state index contributed by atoms with van der Waals surface area (Å²) in [5, 5.41) is 0. The van der Waals surface area contributed by atoms with Crippen LogP contribution >= 0.6 is 0 Å². The average Bonchev–Trinajstić information content (AvgIpc) is 2.64. The zero-order chi connectivity index (χ0) is 18.7. The highest BCUT2D eigenvalue weighted by Gasteiger charge is 2.42. The molecule has 0 aromatic carbocycles. The Kier molecular flexibility index (Phi) is 5.49. The molecular formula is C20H29N3O3. The zero-order valence-electron chi connectivity index (χ0n) is 16.0. The largest absolute Gasteiger partial charge is 0.462 e. The van der Waals surface area contributed by atoms with Gasteiger partial charge in [-0.3, -0.25) is 4.79 Å². The number of ether oxygens (including phenoxy) is 1. The van der Waals surface area contributed by atoms with E-state index in [4.69, 9.17) is 4.74 Å². The number of rotatable bonds is 4. The molecule has 0 unspecified atom stereocenters. The van der Waals surface area contributed by atoms with Gasteiger partial charge in [-0.05, 0) is 52.2 Å². The molecule has 2 aliphatic rings. The number of amides is 1. The van der Waals surface area contributed by atoms with E-state index in [1.54, 1.807) is 19.2 Å². The molecule has 2 saturated heterocycles. The second-order valence-electron chi connectivity index (χ2n) is 7.77. The summed E-state index contributed by atoms with van der Waals surface area (Å²) in [6, 6.07) is 3.93. The second kappa shape index (κ2) is 7.64. The van der Waals surface area contributed by atoms with Crippen LogP contribution in [0, 0.1) is 5.41 Å². The molecule has 1 aromatic heterocycles. The van der Waals surface area contributed by atoms with Crippen molar-refractivity contribution in [3.63, 3.8) is 0 Å². The SMILES string of the molecule is CCOC(=O)c1ccc(N2CCC[C@@]3(CCC(=O)N(C(C)C)C3)C2)nc1. The van der Waals surface area contributed by atoms with Gasteiger partial charge in [0.25, 0.3) is 0 Å². The molecule has 6 heteroatoms. The highest BCUT2D eigenvalue weighted by Crippen LogP contribution is 2.40. The number of likely N-dealkylation sites (tertiary alicyclic amines) is 1. The number of carbonyl (C=O) groups excluding carboxylic acids is 2. The maximum Gasteiger partial charge on any atom is 0.339 e. The van der Waals surface area contributed by atoms with Gasteiger partial charge in [-0.15, -0.1) is 0 Å². The van der Waals surface area contributed by atoms with E-state index in [1.165, 1.54) is 0 Å². The molecule has 3 heterocycles. The van der Waals surface area contributed by atoms with E-state index in [-0.39, 0.29) is 23.3 Å². The maximum atomic E-state index is 12.2. The summed E-state index contributed by atoms with van der Waals surface area (Å²) in [5.41, 5.74) is 0.634. The summed E-state index contributed by atoms with van der Waals surface area (Å²) >= 11 is 0. The van der Waals surface area contributed by atoms with Gasteiger partial charge >= 0.3 is 5.97 Å². The van der Waals surface area contributed by atoms with Crippen molar-refractivity contribution in [2.24, 2.45) is 5.41 Å². The number of nitrogens with zero attached hydrogens (tertiary/aromatic N) is 3. The van der Waals surface area contributed by atoms with Crippen LogP contribution in [-0.2, 0) is 9.53 Å². The molecule has 0 bridgehead atoms. The van der Waals surface area contributed by atoms with Gasteiger partial charge in [-0.25, -0.2) is 9.78 Å². The Morgan fingerprint density at radius 1 is 1.31 bits per heavy atom. The Morgan fingerprint density at radius 2 is 2.12 bits per heavy atom.